The molecule has 3 heterocycles. The summed E-state index contributed by atoms with van der Waals surface area (Å²) >= 11 is 0. The van der Waals surface area contributed by atoms with Gasteiger partial charge < -0.3 is 10.3 Å². The summed E-state index contributed by atoms with van der Waals surface area (Å²) in [5, 5.41) is 18.0. The second-order valence-corrected chi connectivity index (χ2v) is 11.7. The fourth-order valence-corrected chi connectivity index (χ4v) is 7.04. The summed E-state index contributed by atoms with van der Waals surface area (Å²) < 4.78 is 25.2. The molecule has 5 rings (SSSR count). The van der Waals surface area contributed by atoms with E-state index in [1.165, 1.54) is 0 Å². The number of nitriles is 1. The zero-order chi connectivity index (χ0) is 23.5. The van der Waals surface area contributed by atoms with Crippen LogP contribution in [0.25, 0.3) is 10.9 Å². The Morgan fingerprint density at radius 1 is 1.27 bits per heavy atom. The molecule has 2 aromatic heterocycles. The van der Waals surface area contributed by atoms with Crippen molar-refractivity contribution >= 4 is 33.2 Å². The van der Waals surface area contributed by atoms with Crippen LogP contribution in [0.3, 0.4) is 0 Å². The molecule has 9 nitrogen and oxygen atoms in total. The Hall–Kier alpha value is -2.84. The molecule has 3 aromatic rings. The van der Waals surface area contributed by atoms with E-state index in [9.17, 15) is 19.2 Å². The number of H-pyrrole nitrogens is 1. The van der Waals surface area contributed by atoms with Crippen molar-refractivity contribution in [1.82, 2.24) is 19.1 Å². The number of nitrogens with one attached hydrogen (secondary N) is 2. The van der Waals surface area contributed by atoms with E-state index in [-0.39, 0.29) is 17.5 Å². The van der Waals surface area contributed by atoms with Gasteiger partial charge in [-0.05, 0) is 69.9 Å². The van der Waals surface area contributed by atoms with Gasteiger partial charge in [-0.25, -0.2) is 0 Å². The Kier molecular flexibility index (Phi) is 5.06. The number of hydrogen-bond donors (Lipinski definition) is 4. The monoisotopic (exact) mass is 468 g/mol. The van der Waals surface area contributed by atoms with E-state index in [2.05, 4.69) is 16.4 Å². The molecule has 0 amide bonds. The van der Waals surface area contributed by atoms with Gasteiger partial charge in [-0.3, -0.25) is 18.6 Å². The molecule has 0 bridgehead atoms. The minimum Gasteiger partial charge on any atom is -0.338 e. The zero-order valence-corrected chi connectivity index (χ0v) is 19.7. The standard InChI is InChI=1S/C23H28N6O3S/c1-23(2,3)28-13-15-11-16(7-8-19(15)33(28,31)32)26-21-20-18(9-10-25-22(20)30)29(27-21)17-6-4-5-14(17)12-24/h7-11,14,17,31-32H,4-6,13H2,1-3H3,(H,25,30)(H,26,27)/t14-,17+/m1/s1. The number of hydrogen-bond acceptors (Lipinski definition) is 7. The van der Waals surface area contributed by atoms with Crippen LogP contribution in [0.1, 0.15) is 51.6 Å². The Bertz CT molecular complexity index is 1330. The third kappa shape index (κ3) is 3.52. The van der Waals surface area contributed by atoms with Gasteiger partial charge >= 0.3 is 0 Å². The predicted molar refractivity (Wildman–Crippen MR) is 128 cm³/mol. The molecule has 1 aromatic carbocycles. The first-order chi connectivity index (χ1) is 15.6. The second-order valence-electron chi connectivity index (χ2n) is 9.77. The summed E-state index contributed by atoms with van der Waals surface area (Å²) in [4.78, 5) is 16.0. The molecule has 174 valence electrons. The first kappa shape index (κ1) is 22.0. The minimum atomic E-state index is -3.05. The molecule has 0 unspecified atom stereocenters. The van der Waals surface area contributed by atoms with Gasteiger partial charge in [0.15, 0.2) is 5.82 Å². The lowest BCUT2D eigenvalue weighted by Crippen LogP contribution is -2.39. The number of rotatable bonds is 3. The minimum absolute atomic E-state index is 0.0665. The average molecular weight is 469 g/mol. The van der Waals surface area contributed by atoms with E-state index in [0.717, 1.165) is 24.8 Å². The van der Waals surface area contributed by atoms with Gasteiger partial charge in [0.25, 0.3) is 5.56 Å². The summed E-state index contributed by atoms with van der Waals surface area (Å²) in [5.41, 5.74) is 1.57. The number of anilines is 2. The fourth-order valence-electron chi connectivity index (χ4n) is 4.99. The number of benzene rings is 1. The lowest BCUT2D eigenvalue weighted by molar-refractivity contribution is 0.227. The molecule has 0 radical (unpaired) electrons. The average Bonchev–Trinajstić information content (AvgIpc) is 3.42. The van der Waals surface area contributed by atoms with Crippen LogP contribution >= 0.6 is 10.8 Å². The first-order valence-corrected chi connectivity index (χ1v) is 12.6. The summed E-state index contributed by atoms with van der Waals surface area (Å²) in [6.07, 6.45) is 4.23. The third-order valence-electron chi connectivity index (χ3n) is 6.58. The van der Waals surface area contributed by atoms with Gasteiger partial charge in [-0.1, -0.05) is 0 Å². The lowest BCUT2D eigenvalue weighted by atomic mass is 10.1. The van der Waals surface area contributed by atoms with Crippen LogP contribution in [0.5, 0.6) is 0 Å². The van der Waals surface area contributed by atoms with Gasteiger partial charge in [0.1, 0.15) is 5.39 Å². The van der Waals surface area contributed by atoms with E-state index >= 15 is 0 Å². The maximum absolute atomic E-state index is 12.7. The first-order valence-electron chi connectivity index (χ1n) is 11.1. The van der Waals surface area contributed by atoms with Crippen molar-refractivity contribution in [2.45, 2.75) is 63.1 Å². The fraction of sp³-hybridized carbons (Fsp3) is 0.435. The van der Waals surface area contributed by atoms with Crippen LogP contribution in [0, 0.1) is 17.2 Å². The topological polar surface area (TPSA) is 130 Å². The molecule has 33 heavy (non-hydrogen) atoms. The molecule has 10 heteroatoms. The van der Waals surface area contributed by atoms with Crippen LogP contribution in [-0.4, -0.2) is 33.7 Å². The van der Waals surface area contributed by atoms with Crippen LogP contribution in [0.4, 0.5) is 11.5 Å². The van der Waals surface area contributed by atoms with Crippen LogP contribution < -0.4 is 10.9 Å². The molecule has 1 saturated carbocycles. The summed E-state index contributed by atoms with van der Waals surface area (Å²) in [5.74, 6) is 0.293. The number of nitrogens with zero attached hydrogens (tertiary/aromatic N) is 4. The molecular formula is C23H28N6O3S. The van der Waals surface area contributed by atoms with Gasteiger partial charge in [0, 0.05) is 24.0 Å². The van der Waals surface area contributed by atoms with Crippen molar-refractivity contribution in [3.05, 3.63) is 46.4 Å². The lowest BCUT2D eigenvalue weighted by Gasteiger charge is -2.44. The van der Waals surface area contributed by atoms with E-state index in [4.69, 9.17) is 5.10 Å². The molecule has 0 saturated heterocycles. The normalized spacial score (nSPS) is 23.4. The number of fused-ring (bicyclic) bond motifs is 2. The highest BCUT2D eigenvalue weighted by atomic mass is 32.3. The SMILES string of the molecule is CC(C)(C)N1Cc2cc(Nc3nn([C@H]4CCC[C@@H]4C#N)c4cc[nH]c(=O)c34)ccc2S1(O)O. The Morgan fingerprint density at radius 2 is 2.06 bits per heavy atom. The molecule has 2 atom stereocenters. The molecule has 4 N–H and O–H groups in total. The largest absolute Gasteiger partial charge is 0.338 e. The summed E-state index contributed by atoms with van der Waals surface area (Å²) in [6.45, 7) is 6.27. The highest BCUT2D eigenvalue weighted by Gasteiger charge is 2.41. The highest BCUT2D eigenvalue weighted by molar-refractivity contribution is 8.22. The van der Waals surface area contributed by atoms with Gasteiger partial charge in [0.2, 0.25) is 0 Å². The van der Waals surface area contributed by atoms with Crippen LogP contribution in [-0.2, 0) is 6.54 Å². The molecule has 0 spiro atoms. The third-order valence-corrected chi connectivity index (χ3v) is 8.86. The number of aromatic nitrogens is 3. The highest BCUT2D eigenvalue weighted by Crippen LogP contribution is 2.61. The Labute approximate surface area is 193 Å². The molecule has 2 aliphatic rings. The molecule has 1 aliphatic heterocycles. The maximum Gasteiger partial charge on any atom is 0.261 e. The summed E-state index contributed by atoms with van der Waals surface area (Å²) in [6, 6.07) is 9.52. The quantitative estimate of drug-likeness (QED) is 0.427. The molecule has 1 fully saturated rings. The van der Waals surface area contributed by atoms with E-state index in [1.54, 1.807) is 22.6 Å². The number of pyridine rings is 1. The number of aromatic amines is 1. The van der Waals surface area contributed by atoms with Crippen molar-refractivity contribution in [2.75, 3.05) is 5.32 Å². The summed E-state index contributed by atoms with van der Waals surface area (Å²) in [7, 11) is -3.05. The van der Waals surface area contributed by atoms with Gasteiger partial charge in [-0.15, -0.1) is 10.8 Å². The van der Waals surface area contributed by atoms with Crippen molar-refractivity contribution in [3.63, 3.8) is 0 Å². The molecular weight excluding hydrogens is 440 g/mol. The van der Waals surface area contributed by atoms with Gasteiger partial charge in [0.05, 0.1) is 28.4 Å². The maximum atomic E-state index is 12.7. The Morgan fingerprint density at radius 3 is 2.79 bits per heavy atom. The van der Waals surface area contributed by atoms with Crippen LogP contribution in [0.2, 0.25) is 0 Å². The van der Waals surface area contributed by atoms with Crippen molar-refractivity contribution in [1.29, 1.82) is 5.26 Å². The van der Waals surface area contributed by atoms with Crippen LogP contribution in [0.15, 0.2) is 40.2 Å². The molecule has 1 aliphatic carbocycles. The van der Waals surface area contributed by atoms with Gasteiger partial charge in [-0.2, -0.15) is 14.7 Å². The van der Waals surface area contributed by atoms with E-state index in [1.807, 2.05) is 37.6 Å². The van der Waals surface area contributed by atoms with E-state index < -0.39 is 16.3 Å². The Balaban J connectivity index is 1.54. The second kappa shape index (κ2) is 7.60. The predicted octanol–water partition coefficient (Wildman–Crippen LogP) is 4.97. The van der Waals surface area contributed by atoms with Crippen molar-refractivity contribution < 1.29 is 9.11 Å². The van der Waals surface area contributed by atoms with E-state index in [0.29, 0.717) is 33.8 Å². The smallest absolute Gasteiger partial charge is 0.261 e. The van der Waals surface area contributed by atoms with Crippen molar-refractivity contribution in [3.8, 4) is 6.07 Å². The van der Waals surface area contributed by atoms with Crippen molar-refractivity contribution in [2.24, 2.45) is 5.92 Å². The zero-order valence-electron chi connectivity index (χ0n) is 18.9.